The molecule has 0 atom stereocenters. The number of nitrogens with zero attached hydrogens (tertiary/aromatic N) is 2. The van der Waals surface area contributed by atoms with Crippen LogP contribution in [0.3, 0.4) is 0 Å². The summed E-state index contributed by atoms with van der Waals surface area (Å²) in [6, 6.07) is 15.9. The Morgan fingerprint density at radius 3 is 2.37 bits per heavy atom. The molecule has 0 saturated carbocycles. The summed E-state index contributed by atoms with van der Waals surface area (Å²) in [5, 5.41) is 14.8. The minimum absolute atomic E-state index is 0.113. The van der Waals surface area contributed by atoms with Gasteiger partial charge in [-0.3, -0.25) is 4.79 Å². The van der Waals surface area contributed by atoms with Crippen molar-refractivity contribution in [1.29, 1.82) is 0 Å². The molecule has 0 unspecified atom stereocenters. The van der Waals surface area contributed by atoms with Crippen molar-refractivity contribution < 1.29 is 23.8 Å². The lowest BCUT2D eigenvalue weighted by molar-refractivity contribution is 0.0462. The number of ether oxygens (including phenoxy) is 1. The number of urea groups is 1. The number of halogens is 2. The second-order valence-electron chi connectivity index (χ2n) is 9.45. The van der Waals surface area contributed by atoms with Crippen molar-refractivity contribution >= 4 is 51.8 Å². The van der Waals surface area contributed by atoms with Crippen LogP contribution < -0.4 is 5.32 Å². The number of anilines is 1. The predicted octanol–water partition coefficient (Wildman–Crippen LogP) is 6.29. The average Bonchev–Trinajstić information content (AvgIpc) is 3.25. The van der Waals surface area contributed by atoms with Crippen LogP contribution in [0.2, 0.25) is 10.0 Å². The van der Waals surface area contributed by atoms with Crippen molar-refractivity contribution in [3.05, 3.63) is 70.4 Å². The number of furan rings is 1. The van der Waals surface area contributed by atoms with Crippen LogP contribution in [-0.2, 0) is 4.74 Å². The number of benzene rings is 2. The number of Topliss-reactive ketones (excluding diaryl/α,β-unsaturated/α-hetero) is 1. The van der Waals surface area contributed by atoms with Gasteiger partial charge in [0.15, 0.2) is 5.76 Å². The van der Waals surface area contributed by atoms with Gasteiger partial charge in [0.2, 0.25) is 11.5 Å². The molecule has 10 heteroatoms. The zero-order valence-corrected chi connectivity index (χ0v) is 22.3. The van der Waals surface area contributed by atoms with Crippen molar-refractivity contribution in [2.24, 2.45) is 0 Å². The van der Waals surface area contributed by atoms with Gasteiger partial charge in [-0.2, -0.15) is 0 Å². The van der Waals surface area contributed by atoms with Crippen LogP contribution in [0, 0.1) is 0 Å². The summed E-state index contributed by atoms with van der Waals surface area (Å²) in [5.74, 6) is -0.889. The molecule has 1 aliphatic rings. The standard InChI is InChI=1S/C28H25Cl2N3O5/c1-28(2,36)25(34)24-23(32-27(35)33-11-13-37-14-12-33)20-15-19(16-7-9-17(29)10-8-16)22(31-26(20)38-24)18-5-3-4-6-21(18)30/h3-10,15,36H,11-14H2,1-2H3,(H,32,35). The summed E-state index contributed by atoms with van der Waals surface area (Å²) in [4.78, 5) is 32.7. The highest BCUT2D eigenvalue weighted by Gasteiger charge is 2.34. The molecule has 3 heterocycles. The second kappa shape index (κ2) is 10.4. The molecule has 0 radical (unpaired) electrons. The van der Waals surface area contributed by atoms with Crippen LogP contribution in [0.4, 0.5) is 10.5 Å². The number of hydrogen-bond acceptors (Lipinski definition) is 6. The molecule has 0 bridgehead atoms. The summed E-state index contributed by atoms with van der Waals surface area (Å²) >= 11 is 12.7. The molecule has 38 heavy (non-hydrogen) atoms. The molecule has 2 N–H and O–H groups in total. The number of morpholine rings is 1. The number of aliphatic hydroxyl groups is 1. The molecule has 2 amide bonds. The number of pyridine rings is 1. The monoisotopic (exact) mass is 553 g/mol. The molecule has 0 spiro atoms. The number of ketones is 1. The fraction of sp³-hybridized carbons (Fsp3) is 0.250. The Hall–Kier alpha value is -3.43. The Kier molecular flexibility index (Phi) is 7.15. The third-order valence-corrected chi connectivity index (χ3v) is 6.84. The van der Waals surface area contributed by atoms with Crippen LogP contribution in [0.1, 0.15) is 24.4 Å². The highest BCUT2D eigenvalue weighted by molar-refractivity contribution is 6.33. The number of carbonyl (C=O) groups excluding carboxylic acids is 2. The Morgan fingerprint density at radius 1 is 1.03 bits per heavy atom. The summed E-state index contributed by atoms with van der Waals surface area (Å²) in [6.45, 7) is 4.36. The lowest BCUT2D eigenvalue weighted by atomic mass is 9.97. The van der Waals surface area contributed by atoms with Gasteiger partial charge < -0.3 is 24.5 Å². The van der Waals surface area contributed by atoms with E-state index in [-0.39, 0.29) is 17.2 Å². The highest BCUT2D eigenvalue weighted by Crippen LogP contribution is 2.41. The average molecular weight is 554 g/mol. The Balaban J connectivity index is 1.74. The normalized spacial score (nSPS) is 14.1. The van der Waals surface area contributed by atoms with E-state index in [1.165, 1.54) is 13.8 Å². The lowest BCUT2D eigenvalue weighted by Crippen LogP contribution is -2.43. The molecule has 1 saturated heterocycles. The molecule has 1 aliphatic heterocycles. The maximum absolute atomic E-state index is 13.2. The van der Waals surface area contributed by atoms with Crippen LogP contribution in [0.25, 0.3) is 33.5 Å². The van der Waals surface area contributed by atoms with Crippen LogP contribution >= 0.6 is 23.2 Å². The van der Waals surface area contributed by atoms with Crippen molar-refractivity contribution in [1.82, 2.24) is 9.88 Å². The highest BCUT2D eigenvalue weighted by atomic mass is 35.5. The summed E-state index contributed by atoms with van der Waals surface area (Å²) in [5.41, 5.74) is 1.16. The molecular weight excluding hydrogens is 529 g/mol. The first-order valence-corrected chi connectivity index (χ1v) is 12.8. The van der Waals surface area contributed by atoms with E-state index in [2.05, 4.69) is 5.32 Å². The predicted molar refractivity (Wildman–Crippen MR) is 147 cm³/mol. The third kappa shape index (κ3) is 5.13. The van der Waals surface area contributed by atoms with Gasteiger partial charge in [0, 0.05) is 34.3 Å². The summed E-state index contributed by atoms with van der Waals surface area (Å²) < 4.78 is 11.3. The molecule has 1 fully saturated rings. The van der Waals surface area contributed by atoms with Crippen molar-refractivity contribution in [3.8, 4) is 22.4 Å². The van der Waals surface area contributed by atoms with Crippen LogP contribution in [0.15, 0.2) is 59.0 Å². The fourth-order valence-electron chi connectivity index (χ4n) is 4.25. The maximum Gasteiger partial charge on any atom is 0.322 e. The lowest BCUT2D eigenvalue weighted by Gasteiger charge is -2.27. The number of fused-ring (bicyclic) bond motifs is 1. The van der Waals surface area contributed by atoms with Gasteiger partial charge in [0.05, 0.1) is 24.3 Å². The number of carbonyl (C=O) groups is 2. The van der Waals surface area contributed by atoms with E-state index in [0.29, 0.717) is 58.6 Å². The Bertz CT molecular complexity index is 1520. The maximum atomic E-state index is 13.2. The van der Waals surface area contributed by atoms with E-state index in [1.807, 2.05) is 30.3 Å². The molecule has 196 valence electrons. The first-order chi connectivity index (χ1) is 18.1. The van der Waals surface area contributed by atoms with Gasteiger partial charge in [0.1, 0.15) is 11.3 Å². The van der Waals surface area contributed by atoms with Crippen molar-refractivity contribution in [3.63, 3.8) is 0 Å². The molecule has 2 aromatic carbocycles. The molecular formula is C28H25Cl2N3O5. The van der Waals surface area contributed by atoms with Gasteiger partial charge in [0.25, 0.3) is 0 Å². The van der Waals surface area contributed by atoms with Crippen LogP contribution in [0.5, 0.6) is 0 Å². The zero-order valence-electron chi connectivity index (χ0n) is 20.8. The minimum Gasteiger partial charge on any atom is -0.432 e. The van der Waals surface area contributed by atoms with Crippen molar-refractivity contribution in [2.75, 3.05) is 31.6 Å². The van der Waals surface area contributed by atoms with Gasteiger partial charge in [-0.15, -0.1) is 0 Å². The smallest absolute Gasteiger partial charge is 0.322 e. The van der Waals surface area contributed by atoms with Gasteiger partial charge in [-0.25, -0.2) is 9.78 Å². The number of amides is 2. The van der Waals surface area contributed by atoms with Gasteiger partial charge >= 0.3 is 6.03 Å². The SMILES string of the molecule is CC(C)(O)C(=O)c1oc2nc(-c3ccccc3Cl)c(-c3ccc(Cl)cc3)cc2c1NC(=O)N1CCOCC1. The first-order valence-electron chi connectivity index (χ1n) is 12.0. The van der Waals surface area contributed by atoms with Crippen LogP contribution in [-0.4, -0.2) is 58.7 Å². The van der Waals surface area contributed by atoms with Crippen molar-refractivity contribution in [2.45, 2.75) is 19.4 Å². The molecule has 0 aliphatic carbocycles. The summed E-state index contributed by atoms with van der Waals surface area (Å²) in [7, 11) is 0. The van der Waals surface area contributed by atoms with E-state index in [9.17, 15) is 14.7 Å². The van der Waals surface area contributed by atoms with Gasteiger partial charge in [-0.05, 0) is 43.7 Å². The molecule has 8 nitrogen and oxygen atoms in total. The molecule has 2 aromatic heterocycles. The topological polar surface area (TPSA) is 105 Å². The Labute approximate surface area is 229 Å². The fourth-order valence-corrected chi connectivity index (χ4v) is 4.60. The van der Waals surface area contributed by atoms with E-state index in [1.54, 1.807) is 29.2 Å². The van der Waals surface area contributed by atoms with E-state index >= 15 is 0 Å². The number of hydrogen-bond donors (Lipinski definition) is 2. The summed E-state index contributed by atoms with van der Waals surface area (Å²) in [6.07, 6.45) is 0. The largest absolute Gasteiger partial charge is 0.432 e. The Morgan fingerprint density at radius 2 is 1.71 bits per heavy atom. The number of aromatic nitrogens is 1. The van der Waals surface area contributed by atoms with Gasteiger partial charge in [-0.1, -0.05) is 53.5 Å². The molecule has 5 rings (SSSR count). The first kappa shape index (κ1) is 26.2. The molecule has 4 aromatic rings. The minimum atomic E-state index is -1.75. The second-order valence-corrected chi connectivity index (χ2v) is 10.3. The quantitative estimate of drug-likeness (QED) is 0.281. The number of nitrogens with one attached hydrogen (secondary N) is 1. The van der Waals surface area contributed by atoms with E-state index in [4.69, 9.17) is 37.3 Å². The zero-order chi connectivity index (χ0) is 27.0. The third-order valence-electron chi connectivity index (χ3n) is 6.26. The number of rotatable bonds is 5. The van der Waals surface area contributed by atoms with E-state index in [0.717, 1.165) is 5.56 Å². The van der Waals surface area contributed by atoms with E-state index < -0.39 is 17.4 Å².